The lowest BCUT2D eigenvalue weighted by atomic mass is 9.96. The highest BCUT2D eigenvalue weighted by Gasteiger charge is 2.12. The highest BCUT2D eigenvalue weighted by atomic mass is 79.9. The van der Waals surface area contributed by atoms with Gasteiger partial charge in [0.15, 0.2) is 0 Å². The molecule has 0 aliphatic heterocycles. The summed E-state index contributed by atoms with van der Waals surface area (Å²) in [6, 6.07) is 10.6. The van der Waals surface area contributed by atoms with E-state index >= 15 is 0 Å². The van der Waals surface area contributed by atoms with E-state index in [9.17, 15) is 4.39 Å². The van der Waals surface area contributed by atoms with Crippen molar-refractivity contribution in [2.75, 3.05) is 0 Å². The van der Waals surface area contributed by atoms with E-state index < -0.39 is 0 Å². The molecule has 0 aliphatic carbocycles. The summed E-state index contributed by atoms with van der Waals surface area (Å²) >= 11 is 6.88. The van der Waals surface area contributed by atoms with Crippen molar-refractivity contribution in [1.29, 1.82) is 0 Å². The van der Waals surface area contributed by atoms with Gasteiger partial charge in [0.1, 0.15) is 5.82 Å². The molecule has 2 N–H and O–H groups in total. The van der Waals surface area contributed by atoms with E-state index in [0.29, 0.717) is 6.42 Å². The second-order valence-electron chi connectivity index (χ2n) is 4.55. The number of halogens is 3. The summed E-state index contributed by atoms with van der Waals surface area (Å²) in [6.45, 7) is 2.03. The van der Waals surface area contributed by atoms with E-state index in [1.165, 1.54) is 12.1 Å². The summed E-state index contributed by atoms with van der Waals surface area (Å²) in [5.41, 5.74) is 9.35. The van der Waals surface area contributed by atoms with Gasteiger partial charge in [-0.1, -0.05) is 37.9 Å². The lowest BCUT2D eigenvalue weighted by Gasteiger charge is -2.16. The SMILES string of the molecule is Cc1ccc(Br)cc1C(N)Cc1cc(F)ccc1Br. The molecule has 2 aromatic rings. The maximum absolute atomic E-state index is 13.3. The van der Waals surface area contributed by atoms with Gasteiger partial charge in [-0.05, 0) is 60.4 Å². The lowest BCUT2D eigenvalue weighted by Crippen LogP contribution is -2.15. The maximum atomic E-state index is 13.3. The fraction of sp³-hybridized carbons (Fsp3) is 0.200. The summed E-state index contributed by atoms with van der Waals surface area (Å²) in [4.78, 5) is 0. The number of rotatable bonds is 3. The molecule has 100 valence electrons. The average molecular weight is 387 g/mol. The molecule has 0 spiro atoms. The van der Waals surface area contributed by atoms with Gasteiger partial charge in [-0.2, -0.15) is 0 Å². The zero-order valence-electron chi connectivity index (χ0n) is 10.5. The van der Waals surface area contributed by atoms with Crippen molar-refractivity contribution in [2.45, 2.75) is 19.4 Å². The number of nitrogens with two attached hydrogens (primary N) is 1. The number of hydrogen-bond donors (Lipinski definition) is 1. The molecule has 0 bridgehead atoms. The fourth-order valence-electron chi connectivity index (χ4n) is 2.06. The summed E-state index contributed by atoms with van der Waals surface area (Å²) < 4.78 is 15.2. The Morgan fingerprint density at radius 2 is 1.89 bits per heavy atom. The summed E-state index contributed by atoms with van der Waals surface area (Å²) in [5, 5.41) is 0. The molecular formula is C15H14Br2FN. The van der Waals surface area contributed by atoms with Gasteiger partial charge in [-0.3, -0.25) is 0 Å². The topological polar surface area (TPSA) is 26.0 Å². The molecule has 0 saturated carbocycles. The van der Waals surface area contributed by atoms with E-state index in [0.717, 1.165) is 25.6 Å². The monoisotopic (exact) mass is 385 g/mol. The molecule has 0 radical (unpaired) electrons. The summed E-state index contributed by atoms with van der Waals surface area (Å²) in [5.74, 6) is -0.239. The number of aryl methyl sites for hydroxylation is 1. The molecule has 1 atom stereocenters. The predicted molar refractivity (Wildman–Crippen MR) is 83.6 cm³/mol. The Bertz CT molecular complexity index is 599. The molecule has 1 unspecified atom stereocenters. The van der Waals surface area contributed by atoms with Gasteiger partial charge in [0.2, 0.25) is 0 Å². The van der Waals surface area contributed by atoms with Crippen LogP contribution in [0.3, 0.4) is 0 Å². The maximum Gasteiger partial charge on any atom is 0.123 e. The second kappa shape index (κ2) is 6.16. The highest BCUT2D eigenvalue weighted by Crippen LogP contribution is 2.26. The third kappa shape index (κ3) is 3.65. The fourth-order valence-corrected chi connectivity index (χ4v) is 2.84. The standard InChI is InChI=1S/C15H14Br2FN/c1-9-2-3-11(16)8-13(9)15(19)7-10-6-12(18)4-5-14(10)17/h2-6,8,15H,7,19H2,1H3. The van der Waals surface area contributed by atoms with Crippen LogP contribution in [-0.4, -0.2) is 0 Å². The average Bonchev–Trinajstić information content (AvgIpc) is 2.36. The van der Waals surface area contributed by atoms with Crippen LogP contribution in [-0.2, 0) is 6.42 Å². The molecule has 0 aromatic heterocycles. The smallest absolute Gasteiger partial charge is 0.123 e. The van der Waals surface area contributed by atoms with E-state index in [-0.39, 0.29) is 11.9 Å². The van der Waals surface area contributed by atoms with Crippen molar-refractivity contribution >= 4 is 31.9 Å². The van der Waals surface area contributed by atoms with Crippen molar-refractivity contribution in [1.82, 2.24) is 0 Å². The zero-order valence-corrected chi connectivity index (χ0v) is 13.6. The van der Waals surface area contributed by atoms with Gasteiger partial charge < -0.3 is 5.73 Å². The largest absolute Gasteiger partial charge is 0.324 e. The van der Waals surface area contributed by atoms with Crippen LogP contribution >= 0.6 is 31.9 Å². The van der Waals surface area contributed by atoms with Gasteiger partial charge in [0, 0.05) is 15.0 Å². The Morgan fingerprint density at radius 1 is 1.16 bits per heavy atom. The molecule has 1 nitrogen and oxygen atoms in total. The normalized spacial score (nSPS) is 12.5. The molecular weight excluding hydrogens is 373 g/mol. The predicted octanol–water partition coefficient (Wildman–Crippen LogP) is 4.90. The quantitative estimate of drug-likeness (QED) is 0.797. The molecule has 0 fully saturated rings. The van der Waals surface area contributed by atoms with Crippen molar-refractivity contribution in [3.05, 3.63) is 67.9 Å². The van der Waals surface area contributed by atoms with Crippen LogP contribution in [0.25, 0.3) is 0 Å². The van der Waals surface area contributed by atoms with Gasteiger partial charge in [0.25, 0.3) is 0 Å². The molecule has 0 saturated heterocycles. The lowest BCUT2D eigenvalue weighted by molar-refractivity contribution is 0.621. The molecule has 0 heterocycles. The number of benzene rings is 2. The third-order valence-electron chi connectivity index (χ3n) is 3.09. The number of hydrogen-bond acceptors (Lipinski definition) is 1. The Labute approximate surface area is 129 Å². The van der Waals surface area contributed by atoms with Gasteiger partial charge in [0.05, 0.1) is 0 Å². The first kappa shape index (κ1) is 14.7. The van der Waals surface area contributed by atoms with Crippen molar-refractivity contribution in [3.63, 3.8) is 0 Å². The molecule has 2 rings (SSSR count). The second-order valence-corrected chi connectivity index (χ2v) is 6.32. The van der Waals surface area contributed by atoms with Gasteiger partial charge in [-0.15, -0.1) is 0 Å². The van der Waals surface area contributed by atoms with E-state index in [4.69, 9.17) is 5.73 Å². The van der Waals surface area contributed by atoms with Gasteiger partial charge in [-0.25, -0.2) is 4.39 Å². The Kier molecular flexibility index (Phi) is 4.76. The Balaban J connectivity index is 2.27. The molecule has 19 heavy (non-hydrogen) atoms. The zero-order chi connectivity index (χ0) is 14.0. The molecule has 2 aromatic carbocycles. The first-order valence-electron chi connectivity index (χ1n) is 5.93. The summed E-state index contributed by atoms with van der Waals surface area (Å²) in [7, 11) is 0. The van der Waals surface area contributed by atoms with Crippen LogP contribution < -0.4 is 5.73 Å². The minimum Gasteiger partial charge on any atom is -0.324 e. The van der Waals surface area contributed by atoms with Crippen LogP contribution in [0, 0.1) is 12.7 Å². The minimum absolute atomic E-state index is 0.157. The molecule has 0 aliphatic rings. The third-order valence-corrected chi connectivity index (χ3v) is 4.36. The van der Waals surface area contributed by atoms with Crippen LogP contribution in [0.1, 0.15) is 22.7 Å². The first-order chi connectivity index (χ1) is 8.97. The Hall–Kier alpha value is -0.710. The van der Waals surface area contributed by atoms with Crippen LogP contribution in [0.5, 0.6) is 0 Å². The highest BCUT2D eigenvalue weighted by molar-refractivity contribution is 9.10. The van der Waals surface area contributed by atoms with Crippen LogP contribution in [0.2, 0.25) is 0 Å². The first-order valence-corrected chi connectivity index (χ1v) is 7.51. The van der Waals surface area contributed by atoms with Crippen LogP contribution in [0.15, 0.2) is 45.3 Å². The molecule has 0 amide bonds. The van der Waals surface area contributed by atoms with E-state index in [2.05, 4.69) is 31.9 Å². The molecule has 4 heteroatoms. The van der Waals surface area contributed by atoms with Crippen molar-refractivity contribution in [2.24, 2.45) is 5.73 Å². The minimum atomic E-state index is -0.239. The van der Waals surface area contributed by atoms with E-state index in [1.807, 2.05) is 25.1 Å². The van der Waals surface area contributed by atoms with E-state index in [1.54, 1.807) is 6.07 Å². The Morgan fingerprint density at radius 3 is 2.63 bits per heavy atom. The van der Waals surface area contributed by atoms with Crippen molar-refractivity contribution < 1.29 is 4.39 Å². The van der Waals surface area contributed by atoms with Crippen LogP contribution in [0.4, 0.5) is 4.39 Å². The van der Waals surface area contributed by atoms with Gasteiger partial charge >= 0.3 is 0 Å². The summed E-state index contributed by atoms with van der Waals surface area (Å²) in [6.07, 6.45) is 0.593. The van der Waals surface area contributed by atoms with Crippen molar-refractivity contribution in [3.8, 4) is 0 Å².